The molecule has 0 aliphatic heterocycles. The van der Waals surface area contributed by atoms with Gasteiger partial charge in [-0.25, -0.2) is 23.3 Å². The van der Waals surface area contributed by atoms with E-state index in [1.807, 2.05) is 27.7 Å². The second-order valence-electron chi connectivity index (χ2n) is 8.66. The predicted molar refractivity (Wildman–Crippen MR) is 141 cm³/mol. The van der Waals surface area contributed by atoms with Gasteiger partial charge in [-0.3, -0.25) is 4.79 Å². The molecule has 12 heteroatoms. The smallest absolute Gasteiger partial charge is 0.407 e. The van der Waals surface area contributed by atoms with Crippen LogP contribution < -0.4 is 15.8 Å². The molecule has 1 aromatic carbocycles. The number of hydrogen-bond acceptors (Lipinski definition) is 7. The van der Waals surface area contributed by atoms with Crippen LogP contribution in [0.2, 0.25) is 5.02 Å². The van der Waals surface area contributed by atoms with Crippen molar-refractivity contribution in [2.45, 2.75) is 77.7 Å². The molecule has 2 amide bonds. The van der Waals surface area contributed by atoms with E-state index in [9.17, 15) is 18.0 Å². The van der Waals surface area contributed by atoms with E-state index in [0.29, 0.717) is 29.4 Å². The summed E-state index contributed by atoms with van der Waals surface area (Å²) in [5, 5.41) is 11.1. The third-order valence-corrected chi connectivity index (χ3v) is 6.78. The van der Waals surface area contributed by atoms with E-state index in [-0.39, 0.29) is 27.5 Å². The molecule has 0 bridgehead atoms. The van der Waals surface area contributed by atoms with E-state index >= 15 is 0 Å². The second-order valence-corrected chi connectivity index (χ2v) is 11.6. The van der Waals surface area contributed by atoms with Crippen molar-refractivity contribution in [3.63, 3.8) is 0 Å². The molecule has 0 fully saturated rings. The van der Waals surface area contributed by atoms with Gasteiger partial charge in [0.15, 0.2) is 5.13 Å². The number of alkyl carbamates (subject to hydrolysis) is 1. The number of aryl methyl sites for hydroxylation is 1. The Hall–Kier alpha value is -2.21. The summed E-state index contributed by atoms with van der Waals surface area (Å²) in [5.74, 6) is -0.0740. The second kappa shape index (κ2) is 13.8. The van der Waals surface area contributed by atoms with Gasteiger partial charge in [0, 0.05) is 13.0 Å². The molecule has 0 aliphatic rings. The van der Waals surface area contributed by atoms with Gasteiger partial charge in [-0.2, -0.15) is 0 Å². The highest BCUT2D eigenvalue weighted by atomic mass is 35.5. The number of benzene rings is 1. The van der Waals surface area contributed by atoms with E-state index in [2.05, 4.69) is 22.5 Å². The maximum atomic E-state index is 11.9. The Balaban J connectivity index is 0.000000518. The normalized spacial score (nSPS) is 11.3. The molecule has 0 unspecified atom stereocenters. The lowest BCUT2D eigenvalue weighted by Gasteiger charge is -2.19. The minimum atomic E-state index is -3.92. The zero-order valence-electron chi connectivity index (χ0n) is 21.0. The summed E-state index contributed by atoms with van der Waals surface area (Å²) >= 11 is 7.20. The van der Waals surface area contributed by atoms with Crippen LogP contribution in [-0.4, -0.2) is 37.5 Å². The fraction of sp³-hybridized carbons (Fsp3) is 0.522. The van der Waals surface area contributed by atoms with Crippen LogP contribution in [-0.2, 0) is 19.6 Å². The highest BCUT2D eigenvalue weighted by molar-refractivity contribution is 7.89. The first-order valence-electron chi connectivity index (χ1n) is 11.2. The quantitative estimate of drug-likeness (QED) is 0.375. The number of unbranched alkanes of at least 4 members (excludes halogenated alkanes) is 2. The van der Waals surface area contributed by atoms with Crippen LogP contribution in [0.15, 0.2) is 23.1 Å². The van der Waals surface area contributed by atoms with Crippen molar-refractivity contribution in [2.75, 3.05) is 11.9 Å². The van der Waals surface area contributed by atoms with Crippen LogP contribution in [0.25, 0.3) is 10.4 Å². The number of aromatic nitrogens is 1. The number of rotatable bonds is 8. The van der Waals surface area contributed by atoms with Crippen molar-refractivity contribution >= 4 is 50.1 Å². The van der Waals surface area contributed by atoms with Crippen molar-refractivity contribution in [3.05, 3.63) is 28.9 Å². The lowest BCUT2D eigenvalue weighted by molar-refractivity contribution is -0.116. The maximum Gasteiger partial charge on any atom is 0.407 e. The van der Waals surface area contributed by atoms with Crippen LogP contribution in [0.4, 0.5) is 9.93 Å². The molecular weight excluding hydrogens is 512 g/mol. The van der Waals surface area contributed by atoms with Crippen LogP contribution in [0.5, 0.6) is 0 Å². The Kier molecular flexibility index (Phi) is 12.1. The summed E-state index contributed by atoms with van der Waals surface area (Å²) < 4.78 is 28.2. The molecule has 35 heavy (non-hydrogen) atoms. The maximum absolute atomic E-state index is 11.9. The van der Waals surface area contributed by atoms with Crippen molar-refractivity contribution in [1.29, 1.82) is 0 Å². The molecule has 0 saturated carbocycles. The summed E-state index contributed by atoms with van der Waals surface area (Å²) in [6, 6.07) is 4.61. The Bertz CT molecular complexity index is 1110. The summed E-state index contributed by atoms with van der Waals surface area (Å²) in [4.78, 5) is 27.6. The van der Waals surface area contributed by atoms with Gasteiger partial charge in [0.25, 0.3) is 0 Å². The van der Waals surface area contributed by atoms with E-state index in [0.717, 1.165) is 24.1 Å². The molecule has 2 rings (SSSR count). The predicted octanol–water partition coefficient (Wildman–Crippen LogP) is 5.47. The molecule has 0 spiro atoms. The van der Waals surface area contributed by atoms with Gasteiger partial charge in [0.05, 0.1) is 15.6 Å². The number of carbonyl (C=O) groups is 2. The number of primary sulfonamides is 1. The van der Waals surface area contributed by atoms with Gasteiger partial charge in [0.1, 0.15) is 10.5 Å². The first kappa shape index (κ1) is 30.8. The van der Waals surface area contributed by atoms with Crippen molar-refractivity contribution < 1.29 is 22.7 Å². The molecule has 0 saturated heterocycles. The standard InChI is InChI=1S/C16H20ClN3O3S2.C7H15NO2/c1-3-4-5-6-14(21)20-16-19-10(2)15(24-16)11-7-8-12(17)13(9-11)25(18,22)23;1-5-8-6(9)10-7(2,3)4/h7-9H,3-6H2,1-2H3,(H2,18,22,23)(H,19,20,21);5H2,1-4H3,(H,8,9). The fourth-order valence-corrected chi connectivity index (χ4v) is 4.81. The highest BCUT2D eigenvalue weighted by Gasteiger charge is 2.18. The summed E-state index contributed by atoms with van der Waals surface area (Å²) in [6.45, 7) is 11.8. The topological polar surface area (TPSA) is 140 Å². The number of carbonyl (C=O) groups excluding carboxylic acids is 2. The molecule has 0 atom stereocenters. The number of anilines is 1. The molecule has 2 aromatic rings. The van der Waals surface area contributed by atoms with Crippen LogP contribution in [0.3, 0.4) is 0 Å². The molecule has 196 valence electrons. The number of hydrogen-bond donors (Lipinski definition) is 3. The first-order chi connectivity index (χ1) is 16.2. The summed E-state index contributed by atoms with van der Waals surface area (Å²) in [6.07, 6.45) is 3.01. The lowest BCUT2D eigenvalue weighted by atomic mass is 10.2. The summed E-state index contributed by atoms with van der Waals surface area (Å²) in [7, 11) is -3.92. The Labute approximate surface area is 216 Å². The molecule has 1 heterocycles. The lowest BCUT2D eigenvalue weighted by Crippen LogP contribution is -2.32. The van der Waals surface area contributed by atoms with Crippen molar-refractivity contribution in [3.8, 4) is 10.4 Å². The van der Waals surface area contributed by atoms with E-state index in [4.69, 9.17) is 21.5 Å². The molecular formula is C23H35ClN4O5S2. The van der Waals surface area contributed by atoms with Crippen LogP contribution >= 0.6 is 22.9 Å². The molecule has 9 nitrogen and oxygen atoms in total. The van der Waals surface area contributed by atoms with Gasteiger partial charge >= 0.3 is 6.09 Å². The largest absolute Gasteiger partial charge is 0.444 e. The summed E-state index contributed by atoms with van der Waals surface area (Å²) in [5.41, 5.74) is 0.936. The van der Waals surface area contributed by atoms with E-state index in [1.54, 1.807) is 13.0 Å². The number of nitrogens with one attached hydrogen (secondary N) is 2. The number of amides is 2. The highest BCUT2D eigenvalue weighted by Crippen LogP contribution is 2.35. The van der Waals surface area contributed by atoms with E-state index < -0.39 is 10.0 Å². The van der Waals surface area contributed by atoms with Gasteiger partial charge in [-0.1, -0.05) is 48.8 Å². The monoisotopic (exact) mass is 546 g/mol. The SMILES string of the molecule is CCCCCC(=O)Nc1nc(C)c(-c2ccc(Cl)c(S(N)(=O)=O)c2)s1.CCNC(=O)OC(C)(C)C. The third-order valence-electron chi connectivity index (χ3n) is 4.27. The van der Waals surface area contributed by atoms with Gasteiger partial charge < -0.3 is 15.4 Å². The molecule has 0 aliphatic carbocycles. The number of nitrogens with two attached hydrogens (primary N) is 1. The molecule has 4 N–H and O–H groups in total. The first-order valence-corrected chi connectivity index (χ1v) is 14.0. The third kappa shape index (κ3) is 11.4. The minimum absolute atomic E-state index is 0.0675. The number of nitrogens with zero attached hydrogens (tertiary/aromatic N) is 1. The Morgan fingerprint density at radius 1 is 1.20 bits per heavy atom. The fourth-order valence-electron chi connectivity index (χ4n) is 2.76. The average molecular weight is 547 g/mol. The number of sulfonamides is 1. The van der Waals surface area contributed by atoms with Crippen molar-refractivity contribution in [1.82, 2.24) is 10.3 Å². The van der Waals surface area contributed by atoms with E-state index in [1.165, 1.54) is 23.5 Å². The minimum Gasteiger partial charge on any atom is -0.444 e. The van der Waals surface area contributed by atoms with Crippen LogP contribution in [0, 0.1) is 6.92 Å². The number of thiazole rings is 1. The van der Waals surface area contributed by atoms with Gasteiger partial charge in [0.2, 0.25) is 15.9 Å². The Morgan fingerprint density at radius 3 is 2.40 bits per heavy atom. The van der Waals surface area contributed by atoms with Crippen LogP contribution in [0.1, 0.15) is 66.0 Å². The zero-order chi connectivity index (χ0) is 26.8. The zero-order valence-corrected chi connectivity index (χ0v) is 23.4. The number of ether oxygens (including phenoxy) is 1. The van der Waals surface area contributed by atoms with Crippen molar-refractivity contribution in [2.24, 2.45) is 5.14 Å². The Morgan fingerprint density at radius 2 is 1.86 bits per heavy atom. The molecule has 0 radical (unpaired) electrons. The van der Waals surface area contributed by atoms with Gasteiger partial charge in [-0.05, 0) is 58.7 Å². The van der Waals surface area contributed by atoms with Gasteiger partial charge in [-0.15, -0.1) is 0 Å². The number of halogens is 1. The molecule has 1 aromatic heterocycles. The average Bonchev–Trinajstić information content (AvgIpc) is 3.07.